The molecule has 1 N–H and O–H groups in total. The van der Waals surface area contributed by atoms with Gasteiger partial charge in [0.2, 0.25) is 6.41 Å². The van der Waals surface area contributed by atoms with Gasteiger partial charge in [0.15, 0.2) is 0 Å². The Labute approximate surface area is 62.0 Å². The van der Waals surface area contributed by atoms with Crippen molar-refractivity contribution in [1.29, 1.82) is 0 Å². The van der Waals surface area contributed by atoms with E-state index in [9.17, 15) is 4.79 Å². The van der Waals surface area contributed by atoms with E-state index in [2.05, 4.69) is 19.2 Å². The Morgan fingerprint density at radius 2 is 2.10 bits per heavy atom. The van der Waals surface area contributed by atoms with Gasteiger partial charge in [-0.05, 0) is 31.6 Å². The third-order valence-electron chi connectivity index (χ3n) is 2.49. The van der Waals surface area contributed by atoms with Gasteiger partial charge in [-0.15, -0.1) is 0 Å². The van der Waals surface area contributed by atoms with E-state index in [4.69, 9.17) is 0 Å². The number of hydrogen-bond acceptors (Lipinski definition) is 1. The molecule has 2 unspecified atom stereocenters. The Bertz CT molecular complexity index is 120. The van der Waals surface area contributed by atoms with Gasteiger partial charge >= 0.3 is 0 Å². The molecule has 2 heteroatoms. The van der Waals surface area contributed by atoms with Gasteiger partial charge in [0.05, 0.1) is 0 Å². The predicted octanol–water partition coefficient (Wildman–Crippen LogP) is 1.17. The first-order chi connectivity index (χ1) is 4.75. The molecule has 1 amide bonds. The number of rotatable bonds is 4. The molecule has 58 valence electrons. The number of nitrogens with one attached hydrogen (secondary N) is 1. The summed E-state index contributed by atoms with van der Waals surface area (Å²) in [5, 5.41) is 2.79. The van der Waals surface area contributed by atoms with E-state index in [0.29, 0.717) is 12.0 Å². The van der Waals surface area contributed by atoms with Crippen LogP contribution in [0.2, 0.25) is 0 Å². The van der Waals surface area contributed by atoms with Crippen LogP contribution in [0.3, 0.4) is 0 Å². The fourth-order valence-electron chi connectivity index (χ4n) is 1.29. The van der Waals surface area contributed by atoms with E-state index in [1.807, 2.05) is 0 Å². The first-order valence-electron chi connectivity index (χ1n) is 3.95. The van der Waals surface area contributed by atoms with Crippen molar-refractivity contribution in [1.82, 2.24) is 5.32 Å². The first kappa shape index (κ1) is 7.58. The summed E-state index contributed by atoms with van der Waals surface area (Å²) in [6.45, 7) is 4.27. The first-order valence-corrected chi connectivity index (χ1v) is 3.95. The topological polar surface area (TPSA) is 29.1 Å². The smallest absolute Gasteiger partial charge is 0.207 e. The van der Waals surface area contributed by atoms with E-state index in [-0.39, 0.29) is 0 Å². The van der Waals surface area contributed by atoms with Crippen molar-refractivity contribution in [3.05, 3.63) is 0 Å². The van der Waals surface area contributed by atoms with Crippen LogP contribution in [0, 0.1) is 11.8 Å². The highest BCUT2D eigenvalue weighted by Crippen LogP contribution is 2.37. The average molecular weight is 141 g/mol. The van der Waals surface area contributed by atoms with Gasteiger partial charge < -0.3 is 5.32 Å². The summed E-state index contributed by atoms with van der Waals surface area (Å²) >= 11 is 0. The molecule has 0 aliphatic heterocycles. The second-order valence-electron chi connectivity index (χ2n) is 3.27. The van der Waals surface area contributed by atoms with Gasteiger partial charge in [-0.1, -0.05) is 6.92 Å². The molecule has 0 aromatic rings. The molecule has 0 aromatic carbocycles. The summed E-state index contributed by atoms with van der Waals surface area (Å²) in [5.74, 6) is 1.53. The van der Waals surface area contributed by atoms with Crippen LogP contribution in [0.25, 0.3) is 0 Å². The molecule has 1 fully saturated rings. The fraction of sp³-hybridized carbons (Fsp3) is 0.875. The summed E-state index contributed by atoms with van der Waals surface area (Å²) < 4.78 is 0. The highest BCUT2D eigenvalue weighted by Gasteiger charge is 2.30. The summed E-state index contributed by atoms with van der Waals surface area (Å²) in [4.78, 5) is 10.1. The van der Waals surface area contributed by atoms with Crippen LogP contribution in [-0.2, 0) is 4.79 Å². The molecular weight excluding hydrogens is 126 g/mol. The minimum absolute atomic E-state index is 0.352. The quantitative estimate of drug-likeness (QED) is 0.585. The minimum Gasteiger partial charge on any atom is -0.356 e. The van der Waals surface area contributed by atoms with E-state index < -0.39 is 0 Å². The van der Waals surface area contributed by atoms with Crippen molar-refractivity contribution in [2.45, 2.75) is 32.7 Å². The second kappa shape index (κ2) is 3.04. The van der Waals surface area contributed by atoms with Crippen molar-refractivity contribution in [2.75, 3.05) is 0 Å². The Hall–Kier alpha value is -0.530. The SMILES string of the molecule is CC(NC=O)C(C)C1CC1. The zero-order chi connectivity index (χ0) is 7.56. The molecular formula is C8H15NO. The molecule has 1 aliphatic carbocycles. The van der Waals surface area contributed by atoms with Crippen LogP contribution in [0.4, 0.5) is 0 Å². The Balaban J connectivity index is 2.23. The van der Waals surface area contributed by atoms with Gasteiger partial charge in [-0.3, -0.25) is 4.79 Å². The third-order valence-corrected chi connectivity index (χ3v) is 2.49. The minimum atomic E-state index is 0.352. The van der Waals surface area contributed by atoms with Gasteiger partial charge in [0.25, 0.3) is 0 Å². The van der Waals surface area contributed by atoms with E-state index >= 15 is 0 Å². The number of hydrogen-bond donors (Lipinski definition) is 1. The van der Waals surface area contributed by atoms with Gasteiger partial charge in [-0.25, -0.2) is 0 Å². The fourth-order valence-corrected chi connectivity index (χ4v) is 1.29. The molecule has 10 heavy (non-hydrogen) atoms. The maximum absolute atomic E-state index is 10.1. The zero-order valence-electron chi connectivity index (χ0n) is 6.63. The Morgan fingerprint density at radius 3 is 2.50 bits per heavy atom. The monoisotopic (exact) mass is 141 g/mol. The van der Waals surface area contributed by atoms with Crippen molar-refractivity contribution < 1.29 is 4.79 Å². The number of carbonyl (C=O) groups excluding carboxylic acids is 1. The van der Waals surface area contributed by atoms with E-state index in [1.54, 1.807) is 0 Å². The zero-order valence-corrected chi connectivity index (χ0v) is 6.63. The molecule has 2 nitrogen and oxygen atoms in total. The van der Waals surface area contributed by atoms with Crippen LogP contribution in [0.5, 0.6) is 0 Å². The lowest BCUT2D eigenvalue weighted by atomic mass is 9.99. The summed E-state index contributed by atoms with van der Waals surface area (Å²) in [5.41, 5.74) is 0. The lowest BCUT2D eigenvalue weighted by molar-refractivity contribution is -0.110. The van der Waals surface area contributed by atoms with Crippen molar-refractivity contribution in [3.8, 4) is 0 Å². The number of amides is 1. The molecule has 0 aromatic heterocycles. The standard InChI is InChI=1S/C8H15NO/c1-6(8-3-4-8)7(2)9-5-10/h5-8H,3-4H2,1-2H3,(H,9,10). The molecule has 1 saturated carbocycles. The number of carbonyl (C=O) groups is 1. The van der Waals surface area contributed by atoms with E-state index in [0.717, 1.165) is 12.3 Å². The molecule has 0 radical (unpaired) electrons. The lowest BCUT2D eigenvalue weighted by Gasteiger charge is -2.17. The predicted molar refractivity (Wildman–Crippen MR) is 40.5 cm³/mol. The largest absolute Gasteiger partial charge is 0.356 e. The maximum Gasteiger partial charge on any atom is 0.207 e. The Morgan fingerprint density at radius 1 is 1.50 bits per heavy atom. The summed E-state index contributed by atoms with van der Waals surface area (Å²) in [6.07, 6.45) is 3.50. The van der Waals surface area contributed by atoms with Crippen LogP contribution in [0.1, 0.15) is 26.7 Å². The van der Waals surface area contributed by atoms with Crippen LogP contribution < -0.4 is 5.32 Å². The molecule has 1 aliphatic rings. The second-order valence-corrected chi connectivity index (χ2v) is 3.27. The van der Waals surface area contributed by atoms with Crippen molar-refractivity contribution in [2.24, 2.45) is 11.8 Å². The highest BCUT2D eigenvalue weighted by molar-refractivity contribution is 5.46. The highest BCUT2D eigenvalue weighted by atomic mass is 16.1. The third kappa shape index (κ3) is 1.72. The van der Waals surface area contributed by atoms with Crippen LogP contribution >= 0.6 is 0 Å². The van der Waals surface area contributed by atoms with E-state index in [1.165, 1.54) is 12.8 Å². The molecule has 2 atom stereocenters. The molecule has 0 bridgehead atoms. The van der Waals surface area contributed by atoms with Crippen LogP contribution in [-0.4, -0.2) is 12.5 Å². The van der Waals surface area contributed by atoms with Crippen molar-refractivity contribution in [3.63, 3.8) is 0 Å². The van der Waals surface area contributed by atoms with Crippen LogP contribution in [0.15, 0.2) is 0 Å². The average Bonchev–Trinajstić information content (AvgIpc) is 2.68. The normalized spacial score (nSPS) is 23.4. The summed E-state index contributed by atoms with van der Waals surface area (Å²) in [6, 6.07) is 0.352. The summed E-state index contributed by atoms with van der Waals surface area (Å²) in [7, 11) is 0. The van der Waals surface area contributed by atoms with Crippen molar-refractivity contribution >= 4 is 6.41 Å². The van der Waals surface area contributed by atoms with Gasteiger partial charge in [0.1, 0.15) is 0 Å². The van der Waals surface area contributed by atoms with Gasteiger partial charge in [-0.2, -0.15) is 0 Å². The lowest BCUT2D eigenvalue weighted by Crippen LogP contribution is -2.31. The van der Waals surface area contributed by atoms with Gasteiger partial charge in [0, 0.05) is 6.04 Å². The molecule has 1 rings (SSSR count). The molecule has 0 spiro atoms. The Kier molecular flexibility index (Phi) is 2.30. The molecule has 0 heterocycles. The maximum atomic E-state index is 10.1. The molecule has 0 saturated heterocycles.